The lowest BCUT2D eigenvalue weighted by molar-refractivity contribution is -0.137. The SMILES string of the molecule is O=C(OCc1nc(-c2ccc(C(F)(F)F)cc2)no1)c1ccc(Cl)nc1. The molecule has 0 radical (unpaired) electrons. The number of hydrogen-bond donors (Lipinski definition) is 0. The van der Waals surface area contributed by atoms with E-state index in [1.165, 1.54) is 30.5 Å². The van der Waals surface area contributed by atoms with Crippen LogP contribution >= 0.6 is 11.6 Å². The summed E-state index contributed by atoms with van der Waals surface area (Å²) in [6.45, 7) is -0.297. The molecule has 3 rings (SSSR count). The monoisotopic (exact) mass is 383 g/mol. The lowest BCUT2D eigenvalue weighted by Crippen LogP contribution is -2.05. The summed E-state index contributed by atoms with van der Waals surface area (Å²) in [6.07, 6.45) is -3.17. The van der Waals surface area contributed by atoms with Gasteiger partial charge in [-0.05, 0) is 24.3 Å². The van der Waals surface area contributed by atoms with Crippen molar-refractivity contribution < 1.29 is 27.2 Å². The minimum Gasteiger partial charge on any atom is -0.452 e. The van der Waals surface area contributed by atoms with Crippen LogP contribution in [0.4, 0.5) is 13.2 Å². The molecule has 0 unspecified atom stereocenters. The second-order valence-corrected chi connectivity index (χ2v) is 5.42. The van der Waals surface area contributed by atoms with Crippen molar-refractivity contribution in [2.24, 2.45) is 0 Å². The van der Waals surface area contributed by atoms with Gasteiger partial charge >= 0.3 is 12.1 Å². The highest BCUT2D eigenvalue weighted by molar-refractivity contribution is 6.29. The van der Waals surface area contributed by atoms with Gasteiger partial charge in [-0.1, -0.05) is 28.9 Å². The number of carbonyl (C=O) groups excluding carboxylic acids is 1. The molecule has 6 nitrogen and oxygen atoms in total. The first kappa shape index (κ1) is 17.9. The Morgan fingerprint density at radius 3 is 2.50 bits per heavy atom. The van der Waals surface area contributed by atoms with Gasteiger partial charge in [-0.15, -0.1) is 0 Å². The third-order valence-corrected chi connectivity index (χ3v) is 3.45. The zero-order valence-corrected chi connectivity index (χ0v) is 13.6. The molecule has 10 heteroatoms. The van der Waals surface area contributed by atoms with Crippen molar-refractivity contribution in [2.75, 3.05) is 0 Å². The Morgan fingerprint density at radius 1 is 1.15 bits per heavy atom. The average Bonchev–Trinajstić information content (AvgIpc) is 3.09. The molecule has 134 valence electrons. The van der Waals surface area contributed by atoms with Gasteiger partial charge in [0.25, 0.3) is 5.89 Å². The number of rotatable bonds is 4. The summed E-state index contributed by atoms with van der Waals surface area (Å²) in [5.74, 6) is -0.587. The lowest BCUT2D eigenvalue weighted by Gasteiger charge is -2.05. The van der Waals surface area contributed by atoms with Crippen LogP contribution < -0.4 is 0 Å². The molecular formula is C16H9ClF3N3O3. The van der Waals surface area contributed by atoms with Crippen molar-refractivity contribution in [2.45, 2.75) is 12.8 Å². The summed E-state index contributed by atoms with van der Waals surface area (Å²) in [7, 11) is 0. The fourth-order valence-corrected chi connectivity index (χ4v) is 2.06. The number of carbonyl (C=O) groups is 1. The number of ether oxygens (including phenoxy) is 1. The van der Waals surface area contributed by atoms with Gasteiger partial charge in [0, 0.05) is 11.8 Å². The molecule has 0 N–H and O–H groups in total. The van der Waals surface area contributed by atoms with E-state index in [4.69, 9.17) is 20.9 Å². The Balaban J connectivity index is 1.64. The van der Waals surface area contributed by atoms with Gasteiger partial charge in [0.15, 0.2) is 6.61 Å². The zero-order chi connectivity index (χ0) is 18.7. The Morgan fingerprint density at radius 2 is 1.88 bits per heavy atom. The lowest BCUT2D eigenvalue weighted by atomic mass is 10.1. The molecule has 3 aromatic rings. The van der Waals surface area contributed by atoms with Crippen molar-refractivity contribution >= 4 is 17.6 Å². The summed E-state index contributed by atoms with van der Waals surface area (Å²) in [5, 5.41) is 3.89. The molecule has 0 aliphatic carbocycles. The highest BCUT2D eigenvalue weighted by atomic mass is 35.5. The second kappa shape index (κ2) is 7.12. The van der Waals surface area contributed by atoms with Crippen LogP contribution in [0.15, 0.2) is 47.1 Å². The molecule has 0 amide bonds. The van der Waals surface area contributed by atoms with E-state index in [9.17, 15) is 18.0 Å². The van der Waals surface area contributed by atoms with Gasteiger partial charge in [-0.3, -0.25) is 0 Å². The summed E-state index contributed by atoms with van der Waals surface area (Å²) in [6, 6.07) is 7.16. The number of esters is 1. The molecule has 0 spiro atoms. The van der Waals surface area contributed by atoms with Gasteiger partial charge in [0.05, 0.1) is 11.1 Å². The van der Waals surface area contributed by atoms with Crippen molar-refractivity contribution in [1.29, 1.82) is 0 Å². The molecule has 1 aromatic carbocycles. The number of nitrogens with zero attached hydrogens (tertiary/aromatic N) is 3. The smallest absolute Gasteiger partial charge is 0.416 e. The Bertz CT molecular complexity index is 909. The van der Waals surface area contributed by atoms with E-state index >= 15 is 0 Å². The van der Waals surface area contributed by atoms with Gasteiger partial charge in [-0.25, -0.2) is 9.78 Å². The minimum atomic E-state index is -4.42. The average molecular weight is 384 g/mol. The molecule has 0 aliphatic heterocycles. The molecule has 0 saturated carbocycles. The number of aromatic nitrogens is 3. The zero-order valence-electron chi connectivity index (χ0n) is 12.8. The first-order chi connectivity index (χ1) is 12.3. The summed E-state index contributed by atoms with van der Waals surface area (Å²) < 4.78 is 47.6. The standard InChI is InChI=1S/C16H9ClF3N3O3/c17-12-6-3-10(7-21-12)15(24)25-8-13-22-14(23-26-13)9-1-4-11(5-2-9)16(18,19)20/h1-7H,8H2. The minimum absolute atomic E-state index is 0.00447. The summed E-state index contributed by atoms with van der Waals surface area (Å²) in [5.41, 5.74) is -0.256. The van der Waals surface area contributed by atoms with Gasteiger partial charge in [0.1, 0.15) is 5.15 Å². The third kappa shape index (κ3) is 4.17. The van der Waals surface area contributed by atoms with E-state index in [2.05, 4.69) is 15.1 Å². The molecule has 0 atom stereocenters. The van der Waals surface area contributed by atoms with Crippen molar-refractivity contribution in [3.63, 3.8) is 0 Å². The number of pyridine rings is 1. The van der Waals surface area contributed by atoms with Crippen molar-refractivity contribution in [3.8, 4) is 11.4 Å². The molecular weight excluding hydrogens is 375 g/mol. The topological polar surface area (TPSA) is 78.1 Å². The highest BCUT2D eigenvalue weighted by Gasteiger charge is 2.30. The third-order valence-electron chi connectivity index (χ3n) is 3.23. The van der Waals surface area contributed by atoms with Crippen LogP contribution in [0.5, 0.6) is 0 Å². The summed E-state index contributed by atoms with van der Waals surface area (Å²) >= 11 is 5.63. The number of halogens is 4. The predicted molar refractivity (Wildman–Crippen MR) is 83.1 cm³/mol. The quantitative estimate of drug-likeness (QED) is 0.497. The molecule has 0 saturated heterocycles. The maximum Gasteiger partial charge on any atom is 0.416 e. The van der Waals surface area contributed by atoms with E-state index in [1.54, 1.807) is 0 Å². The highest BCUT2D eigenvalue weighted by Crippen LogP contribution is 2.30. The largest absolute Gasteiger partial charge is 0.452 e. The predicted octanol–water partition coefficient (Wildman–Crippen LogP) is 4.16. The first-order valence-corrected chi connectivity index (χ1v) is 7.49. The number of alkyl halides is 3. The second-order valence-electron chi connectivity index (χ2n) is 5.03. The van der Waals surface area contributed by atoms with Crippen LogP contribution in [0.1, 0.15) is 21.8 Å². The van der Waals surface area contributed by atoms with E-state index < -0.39 is 17.7 Å². The van der Waals surface area contributed by atoms with Crippen molar-refractivity contribution in [1.82, 2.24) is 15.1 Å². The van der Waals surface area contributed by atoms with Crippen LogP contribution in [-0.2, 0) is 17.5 Å². The van der Waals surface area contributed by atoms with E-state index in [0.717, 1.165) is 12.1 Å². The Kier molecular flexibility index (Phi) is 4.90. The fraction of sp³-hybridized carbons (Fsp3) is 0.125. The van der Waals surface area contributed by atoms with Crippen LogP contribution in [0.2, 0.25) is 5.15 Å². The van der Waals surface area contributed by atoms with Gasteiger partial charge in [-0.2, -0.15) is 18.2 Å². The molecule has 26 heavy (non-hydrogen) atoms. The van der Waals surface area contributed by atoms with E-state index in [0.29, 0.717) is 5.56 Å². The molecule has 0 aliphatic rings. The maximum absolute atomic E-state index is 12.6. The molecule has 0 bridgehead atoms. The Hall–Kier alpha value is -2.94. The van der Waals surface area contributed by atoms with Gasteiger partial charge < -0.3 is 9.26 Å². The van der Waals surface area contributed by atoms with Gasteiger partial charge in [0.2, 0.25) is 5.82 Å². The van der Waals surface area contributed by atoms with Crippen LogP contribution in [0.3, 0.4) is 0 Å². The van der Waals surface area contributed by atoms with Crippen LogP contribution in [0.25, 0.3) is 11.4 Å². The fourth-order valence-electron chi connectivity index (χ4n) is 1.95. The molecule has 2 aromatic heterocycles. The number of hydrogen-bond acceptors (Lipinski definition) is 6. The number of benzene rings is 1. The van der Waals surface area contributed by atoms with Crippen molar-refractivity contribution in [3.05, 3.63) is 64.8 Å². The van der Waals surface area contributed by atoms with Crippen LogP contribution in [0, 0.1) is 0 Å². The first-order valence-electron chi connectivity index (χ1n) is 7.12. The molecule has 0 fully saturated rings. The normalized spacial score (nSPS) is 11.4. The Labute approximate surface area is 149 Å². The van der Waals surface area contributed by atoms with E-state index in [1.807, 2.05) is 0 Å². The molecule has 2 heterocycles. The van der Waals surface area contributed by atoms with E-state index in [-0.39, 0.29) is 29.0 Å². The summed E-state index contributed by atoms with van der Waals surface area (Å²) in [4.78, 5) is 19.6. The van der Waals surface area contributed by atoms with Crippen LogP contribution in [-0.4, -0.2) is 21.1 Å². The maximum atomic E-state index is 12.6.